The standard InChI is InChI=1S/C14H16BrClN2/c1-14(2,3)12-7-11(17-4)9-5-8(15)6-10(16)13(9)18-12/h5-7H,1-4H3,(H,17,18). The Morgan fingerprint density at radius 1 is 1.22 bits per heavy atom. The second-order valence-corrected chi connectivity index (χ2v) is 6.66. The van der Waals surface area contributed by atoms with Gasteiger partial charge in [0.2, 0.25) is 0 Å². The zero-order valence-corrected chi connectivity index (χ0v) is 13.3. The Labute approximate surface area is 121 Å². The van der Waals surface area contributed by atoms with Gasteiger partial charge in [-0.1, -0.05) is 48.3 Å². The number of anilines is 1. The van der Waals surface area contributed by atoms with Gasteiger partial charge in [-0.05, 0) is 18.2 Å². The van der Waals surface area contributed by atoms with E-state index >= 15 is 0 Å². The molecule has 0 saturated heterocycles. The summed E-state index contributed by atoms with van der Waals surface area (Å²) in [5.74, 6) is 0. The first-order valence-corrected chi connectivity index (χ1v) is 6.98. The van der Waals surface area contributed by atoms with Gasteiger partial charge in [0.15, 0.2) is 0 Å². The molecule has 1 heterocycles. The molecule has 96 valence electrons. The molecule has 18 heavy (non-hydrogen) atoms. The maximum Gasteiger partial charge on any atom is 0.0913 e. The van der Waals surface area contributed by atoms with Gasteiger partial charge >= 0.3 is 0 Å². The molecule has 0 radical (unpaired) electrons. The third-order valence-electron chi connectivity index (χ3n) is 2.87. The zero-order chi connectivity index (χ0) is 13.5. The van der Waals surface area contributed by atoms with Crippen LogP contribution < -0.4 is 5.32 Å². The molecule has 0 fully saturated rings. The van der Waals surface area contributed by atoms with Crippen molar-refractivity contribution in [1.29, 1.82) is 0 Å². The Bertz CT molecular complexity index is 603. The fourth-order valence-electron chi connectivity index (χ4n) is 1.84. The van der Waals surface area contributed by atoms with E-state index in [1.807, 2.05) is 19.2 Å². The fraction of sp³-hybridized carbons (Fsp3) is 0.357. The van der Waals surface area contributed by atoms with Gasteiger partial charge in [0.25, 0.3) is 0 Å². The van der Waals surface area contributed by atoms with Crippen LogP contribution in [0.25, 0.3) is 10.9 Å². The highest BCUT2D eigenvalue weighted by atomic mass is 79.9. The monoisotopic (exact) mass is 326 g/mol. The van der Waals surface area contributed by atoms with E-state index in [0.717, 1.165) is 26.8 Å². The van der Waals surface area contributed by atoms with E-state index in [2.05, 4.69) is 48.1 Å². The Balaban J connectivity index is 2.84. The number of pyridine rings is 1. The van der Waals surface area contributed by atoms with E-state index in [0.29, 0.717) is 5.02 Å². The molecule has 0 spiro atoms. The van der Waals surface area contributed by atoms with Crippen LogP contribution in [0.1, 0.15) is 26.5 Å². The number of fused-ring (bicyclic) bond motifs is 1. The van der Waals surface area contributed by atoms with Gasteiger partial charge in [0.1, 0.15) is 0 Å². The average molecular weight is 328 g/mol. The summed E-state index contributed by atoms with van der Waals surface area (Å²) in [4.78, 5) is 4.70. The minimum Gasteiger partial charge on any atom is -0.388 e. The van der Waals surface area contributed by atoms with Crippen LogP contribution in [0.2, 0.25) is 5.02 Å². The molecule has 0 amide bonds. The summed E-state index contributed by atoms with van der Waals surface area (Å²) >= 11 is 9.76. The number of benzene rings is 1. The van der Waals surface area contributed by atoms with E-state index in [4.69, 9.17) is 16.6 Å². The van der Waals surface area contributed by atoms with E-state index in [1.54, 1.807) is 0 Å². The molecule has 2 aromatic rings. The lowest BCUT2D eigenvalue weighted by molar-refractivity contribution is 0.572. The summed E-state index contributed by atoms with van der Waals surface area (Å²) in [5, 5.41) is 4.92. The molecule has 0 aliphatic heterocycles. The summed E-state index contributed by atoms with van der Waals surface area (Å²) in [7, 11) is 1.91. The third kappa shape index (κ3) is 2.47. The van der Waals surface area contributed by atoms with Crippen molar-refractivity contribution >= 4 is 44.1 Å². The van der Waals surface area contributed by atoms with Crippen LogP contribution in [-0.2, 0) is 5.41 Å². The summed E-state index contributed by atoms with van der Waals surface area (Å²) in [6.45, 7) is 6.44. The van der Waals surface area contributed by atoms with E-state index in [-0.39, 0.29) is 5.41 Å². The third-order valence-corrected chi connectivity index (χ3v) is 3.62. The van der Waals surface area contributed by atoms with Crippen LogP contribution in [0.4, 0.5) is 5.69 Å². The SMILES string of the molecule is CNc1cc(C(C)(C)C)nc2c(Cl)cc(Br)cc12. The van der Waals surface area contributed by atoms with Gasteiger partial charge in [-0.25, -0.2) is 0 Å². The van der Waals surface area contributed by atoms with Crippen molar-refractivity contribution in [2.75, 3.05) is 12.4 Å². The molecule has 0 atom stereocenters. The lowest BCUT2D eigenvalue weighted by Gasteiger charge is -2.20. The van der Waals surface area contributed by atoms with E-state index in [9.17, 15) is 0 Å². The Hall–Kier alpha value is -0.800. The second kappa shape index (κ2) is 4.71. The van der Waals surface area contributed by atoms with E-state index < -0.39 is 0 Å². The second-order valence-electron chi connectivity index (χ2n) is 5.34. The normalized spacial score (nSPS) is 11.9. The molecule has 2 rings (SSSR count). The summed E-state index contributed by atoms with van der Waals surface area (Å²) in [6, 6.07) is 6.00. The first-order chi connectivity index (χ1) is 8.32. The van der Waals surface area contributed by atoms with Gasteiger partial charge in [-0.2, -0.15) is 0 Å². The Morgan fingerprint density at radius 3 is 2.44 bits per heavy atom. The quantitative estimate of drug-likeness (QED) is 0.798. The highest BCUT2D eigenvalue weighted by Gasteiger charge is 2.18. The number of hydrogen-bond acceptors (Lipinski definition) is 2. The first kappa shape index (κ1) is 13.6. The number of rotatable bonds is 1. The molecule has 1 N–H and O–H groups in total. The van der Waals surface area contributed by atoms with Gasteiger partial charge < -0.3 is 5.32 Å². The lowest BCUT2D eigenvalue weighted by atomic mass is 9.91. The van der Waals surface area contributed by atoms with Crippen molar-refractivity contribution < 1.29 is 0 Å². The summed E-state index contributed by atoms with van der Waals surface area (Å²) in [5.41, 5.74) is 2.92. The van der Waals surface area contributed by atoms with Gasteiger partial charge in [0.05, 0.1) is 10.5 Å². The van der Waals surface area contributed by atoms with Crippen LogP contribution in [0.5, 0.6) is 0 Å². The Kier molecular flexibility index (Phi) is 3.56. The maximum absolute atomic E-state index is 6.29. The van der Waals surface area contributed by atoms with Crippen molar-refractivity contribution in [3.8, 4) is 0 Å². The number of nitrogens with one attached hydrogen (secondary N) is 1. The first-order valence-electron chi connectivity index (χ1n) is 5.81. The minimum atomic E-state index is -0.00378. The van der Waals surface area contributed by atoms with E-state index in [1.165, 1.54) is 0 Å². The average Bonchev–Trinajstić information content (AvgIpc) is 2.26. The van der Waals surface area contributed by atoms with Gasteiger partial charge in [0, 0.05) is 33.7 Å². The smallest absolute Gasteiger partial charge is 0.0913 e. The number of aromatic nitrogens is 1. The summed E-state index contributed by atoms with van der Waals surface area (Å²) in [6.07, 6.45) is 0. The van der Waals surface area contributed by atoms with Crippen LogP contribution in [0.3, 0.4) is 0 Å². The highest BCUT2D eigenvalue weighted by molar-refractivity contribution is 9.10. The van der Waals surface area contributed by atoms with Crippen molar-refractivity contribution in [3.05, 3.63) is 33.4 Å². The summed E-state index contributed by atoms with van der Waals surface area (Å²) < 4.78 is 0.960. The predicted octanol–water partition coefficient (Wildman–Crippen LogP) is 4.99. The number of nitrogens with zero attached hydrogens (tertiary/aromatic N) is 1. The molecular formula is C14H16BrClN2. The largest absolute Gasteiger partial charge is 0.388 e. The lowest BCUT2D eigenvalue weighted by Crippen LogP contribution is -2.14. The molecule has 4 heteroatoms. The van der Waals surface area contributed by atoms with Gasteiger partial charge in [-0.15, -0.1) is 0 Å². The molecule has 0 saturated carbocycles. The number of halogens is 2. The highest BCUT2D eigenvalue weighted by Crippen LogP contribution is 2.34. The van der Waals surface area contributed by atoms with Crippen molar-refractivity contribution in [2.45, 2.75) is 26.2 Å². The maximum atomic E-state index is 6.29. The predicted molar refractivity (Wildman–Crippen MR) is 82.7 cm³/mol. The molecule has 0 unspecified atom stereocenters. The van der Waals surface area contributed by atoms with Crippen molar-refractivity contribution in [3.63, 3.8) is 0 Å². The molecule has 1 aromatic heterocycles. The Morgan fingerprint density at radius 2 is 1.89 bits per heavy atom. The van der Waals surface area contributed by atoms with Gasteiger partial charge in [-0.3, -0.25) is 4.98 Å². The van der Waals surface area contributed by atoms with Crippen molar-refractivity contribution in [2.24, 2.45) is 0 Å². The van der Waals surface area contributed by atoms with Crippen LogP contribution in [-0.4, -0.2) is 12.0 Å². The van der Waals surface area contributed by atoms with Crippen LogP contribution >= 0.6 is 27.5 Å². The fourth-order valence-corrected chi connectivity index (χ4v) is 2.69. The minimum absolute atomic E-state index is 0.00378. The number of hydrogen-bond donors (Lipinski definition) is 1. The molecular weight excluding hydrogens is 312 g/mol. The topological polar surface area (TPSA) is 24.9 Å². The molecule has 0 aliphatic carbocycles. The molecule has 2 nitrogen and oxygen atoms in total. The molecule has 0 aliphatic rings. The molecule has 0 bridgehead atoms. The van der Waals surface area contributed by atoms with Crippen LogP contribution in [0.15, 0.2) is 22.7 Å². The molecule has 1 aromatic carbocycles. The zero-order valence-electron chi connectivity index (χ0n) is 10.9. The van der Waals surface area contributed by atoms with Crippen molar-refractivity contribution in [1.82, 2.24) is 4.98 Å². The van der Waals surface area contributed by atoms with Crippen LogP contribution in [0, 0.1) is 0 Å².